The van der Waals surface area contributed by atoms with E-state index in [-0.39, 0.29) is 0 Å². The Labute approximate surface area is 145 Å². The molecule has 1 N–H and O–H groups in total. The third kappa shape index (κ3) is 2.91. The molecule has 1 aliphatic carbocycles. The number of fused-ring (bicyclic) bond motifs is 1. The molecular weight excluding hydrogens is 338 g/mol. The second kappa shape index (κ2) is 5.70. The van der Waals surface area contributed by atoms with Crippen molar-refractivity contribution >= 4 is 26.8 Å². The standard InChI is InChI=1S/C18H17N3O3S/c1-12-11-21(14-3-2-8-19-10-14)17-7-4-13(9-16(12)17)18(22)20-25(23,24)15-5-6-15/h2-4,7-11,15H,5-6H2,1H3,(H,20,22). The summed E-state index contributed by atoms with van der Waals surface area (Å²) in [6.07, 6.45) is 6.69. The molecule has 0 aliphatic heterocycles. The van der Waals surface area contributed by atoms with Crippen molar-refractivity contribution in [2.24, 2.45) is 0 Å². The number of amides is 1. The monoisotopic (exact) mass is 355 g/mol. The lowest BCUT2D eigenvalue weighted by molar-refractivity contribution is 0.0981. The smallest absolute Gasteiger partial charge is 0.264 e. The van der Waals surface area contributed by atoms with E-state index < -0.39 is 21.2 Å². The average molecular weight is 355 g/mol. The molecule has 4 rings (SSSR count). The molecule has 0 unspecified atom stereocenters. The van der Waals surface area contributed by atoms with Crippen molar-refractivity contribution in [1.82, 2.24) is 14.3 Å². The number of aromatic nitrogens is 2. The number of pyridine rings is 1. The summed E-state index contributed by atoms with van der Waals surface area (Å²) in [5, 5.41) is 0.480. The van der Waals surface area contributed by atoms with E-state index in [1.165, 1.54) is 0 Å². The first kappa shape index (κ1) is 15.8. The first-order valence-electron chi connectivity index (χ1n) is 8.04. The fourth-order valence-electron chi connectivity index (χ4n) is 2.90. The molecule has 1 saturated carbocycles. The average Bonchev–Trinajstić information content (AvgIpc) is 3.41. The van der Waals surface area contributed by atoms with Crippen LogP contribution in [0.3, 0.4) is 0 Å². The molecule has 1 amide bonds. The molecule has 2 aromatic heterocycles. The van der Waals surface area contributed by atoms with Gasteiger partial charge in [-0.1, -0.05) is 0 Å². The van der Waals surface area contributed by atoms with Crippen molar-refractivity contribution in [2.45, 2.75) is 25.0 Å². The highest BCUT2D eigenvalue weighted by molar-refractivity contribution is 7.91. The Hall–Kier alpha value is -2.67. The molecule has 7 heteroatoms. The van der Waals surface area contributed by atoms with Crippen molar-refractivity contribution < 1.29 is 13.2 Å². The highest BCUT2D eigenvalue weighted by atomic mass is 32.2. The van der Waals surface area contributed by atoms with Crippen LogP contribution < -0.4 is 4.72 Å². The van der Waals surface area contributed by atoms with E-state index in [4.69, 9.17) is 0 Å². The summed E-state index contributed by atoms with van der Waals surface area (Å²) in [5.74, 6) is -0.581. The van der Waals surface area contributed by atoms with Gasteiger partial charge in [0.25, 0.3) is 5.91 Å². The van der Waals surface area contributed by atoms with Crippen LogP contribution in [0, 0.1) is 6.92 Å². The topological polar surface area (TPSA) is 81.1 Å². The van der Waals surface area contributed by atoms with Gasteiger partial charge in [-0.3, -0.25) is 9.78 Å². The number of hydrogen-bond acceptors (Lipinski definition) is 4. The van der Waals surface area contributed by atoms with Crippen molar-refractivity contribution in [3.63, 3.8) is 0 Å². The van der Waals surface area contributed by atoms with Gasteiger partial charge in [-0.05, 0) is 55.7 Å². The van der Waals surface area contributed by atoms with Gasteiger partial charge in [0.1, 0.15) is 0 Å². The molecule has 0 saturated heterocycles. The number of hydrogen-bond donors (Lipinski definition) is 1. The first-order chi connectivity index (χ1) is 12.0. The zero-order valence-electron chi connectivity index (χ0n) is 13.6. The predicted octanol–water partition coefficient (Wildman–Crippen LogP) is 2.56. The predicted molar refractivity (Wildman–Crippen MR) is 95.2 cm³/mol. The van der Waals surface area contributed by atoms with Crippen LogP contribution in [-0.4, -0.2) is 29.1 Å². The molecule has 0 spiro atoms. The second-order valence-corrected chi connectivity index (χ2v) is 8.26. The molecule has 1 aliphatic rings. The van der Waals surface area contributed by atoms with E-state index in [1.807, 2.05) is 35.9 Å². The third-order valence-corrected chi connectivity index (χ3v) is 6.21. The Morgan fingerprint density at radius 2 is 2.08 bits per heavy atom. The van der Waals surface area contributed by atoms with E-state index >= 15 is 0 Å². The summed E-state index contributed by atoms with van der Waals surface area (Å²) in [6.45, 7) is 1.96. The number of aryl methyl sites for hydroxylation is 1. The zero-order valence-corrected chi connectivity index (χ0v) is 14.5. The Bertz CT molecular complexity index is 1070. The first-order valence-corrected chi connectivity index (χ1v) is 9.58. The fourth-order valence-corrected chi connectivity index (χ4v) is 4.20. The fraction of sp³-hybridized carbons (Fsp3) is 0.222. The molecule has 2 heterocycles. The molecule has 6 nitrogen and oxygen atoms in total. The van der Waals surface area contributed by atoms with E-state index in [2.05, 4.69) is 9.71 Å². The van der Waals surface area contributed by atoms with Gasteiger partial charge in [0.05, 0.1) is 22.7 Å². The third-order valence-electron chi connectivity index (χ3n) is 4.39. The van der Waals surface area contributed by atoms with Gasteiger partial charge in [-0.15, -0.1) is 0 Å². The summed E-state index contributed by atoms with van der Waals surface area (Å²) in [5.41, 5.74) is 3.20. The summed E-state index contributed by atoms with van der Waals surface area (Å²) in [7, 11) is -3.55. The van der Waals surface area contributed by atoms with Crippen LogP contribution in [0.2, 0.25) is 0 Å². The molecule has 1 fully saturated rings. The van der Waals surface area contributed by atoms with E-state index in [0.29, 0.717) is 18.4 Å². The van der Waals surface area contributed by atoms with Gasteiger partial charge in [0, 0.05) is 23.3 Å². The lowest BCUT2D eigenvalue weighted by atomic mass is 10.1. The SMILES string of the molecule is Cc1cn(-c2cccnc2)c2ccc(C(=O)NS(=O)(=O)C3CC3)cc12. The van der Waals surface area contributed by atoms with Crippen LogP contribution >= 0.6 is 0 Å². The maximum Gasteiger partial charge on any atom is 0.264 e. The van der Waals surface area contributed by atoms with Gasteiger partial charge in [-0.25, -0.2) is 13.1 Å². The molecular formula is C18H17N3O3S. The largest absolute Gasteiger partial charge is 0.315 e. The maximum absolute atomic E-state index is 12.3. The molecule has 25 heavy (non-hydrogen) atoms. The van der Waals surface area contributed by atoms with Gasteiger partial charge < -0.3 is 4.57 Å². The van der Waals surface area contributed by atoms with E-state index in [0.717, 1.165) is 22.2 Å². The summed E-state index contributed by atoms with van der Waals surface area (Å²) >= 11 is 0. The number of benzene rings is 1. The summed E-state index contributed by atoms with van der Waals surface area (Å²) < 4.78 is 28.1. The highest BCUT2D eigenvalue weighted by Gasteiger charge is 2.37. The Balaban J connectivity index is 1.71. The normalized spacial score (nSPS) is 14.6. The van der Waals surface area contributed by atoms with Crippen LogP contribution in [0.5, 0.6) is 0 Å². The van der Waals surface area contributed by atoms with E-state index in [9.17, 15) is 13.2 Å². The van der Waals surface area contributed by atoms with Crippen molar-refractivity contribution in [2.75, 3.05) is 0 Å². The molecule has 128 valence electrons. The van der Waals surface area contributed by atoms with Crippen LogP contribution in [0.4, 0.5) is 0 Å². The number of carbonyl (C=O) groups is 1. The number of nitrogens with one attached hydrogen (secondary N) is 1. The minimum atomic E-state index is -3.55. The summed E-state index contributed by atoms with van der Waals surface area (Å²) in [6, 6.07) is 9.02. The van der Waals surface area contributed by atoms with Gasteiger partial charge in [0.2, 0.25) is 10.0 Å². The maximum atomic E-state index is 12.3. The summed E-state index contributed by atoms with van der Waals surface area (Å²) in [4.78, 5) is 16.5. The number of sulfonamides is 1. The number of carbonyl (C=O) groups excluding carboxylic acids is 1. The Morgan fingerprint density at radius 1 is 1.28 bits per heavy atom. The van der Waals surface area contributed by atoms with Crippen molar-refractivity contribution in [1.29, 1.82) is 0 Å². The number of nitrogens with zero attached hydrogens (tertiary/aromatic N) is 2. The van der Waals surface area contributed by atoms with Crippen molar-refractivity contribution in [3.8, 4) is 5.69 Å². The van der Waals surface area contributed by atoms with Gasteiger partial charge >= 0.3 is 0 Å². The number of rotatable bonds is 4. The van der Waals surface area contributed by atoms with Gasteiger partial charge in [-0.2, -0.15) is 0 Å². The van der Waals surface area contributed by atoms with Crippen molar-refractivity contribution in [3.05, 3.63) is 60.0 Å². The van der Waals surface area contributed by atoms with Crippen LogP contribution in [0.1, 0.15) is 28.8 Å². The lowest BCUT2D eigenvalue weighted by Crippen LogP contribution is -2.33. The highest BCUT2D eigenvalue weighted by Crippen LogP contribution is 2.28. The van der Waals surface area contributed by atoms with Crippen LogP contribution in [0.15, 0.2) is 48.9 Å². The second-order valence-electron chi connectivity index (χ2n) is 6.30. The molecule has 0 radical (unpaired) electrons. The Morgan fingerprint density at radius 3 is 2.76 bits per heavy atom. The molecule has 0 bridgehead atoms. The zero-order chi connectivity index (χ0) is 17.6. The van der Waals surface area contributed by atoms with Crippen LogP contribution in [-0.2, 0) is 10.0 Å². The Kier molecular flexibility index (Phi) is 3.61. The molecule has 3 aromatic rings. The van der Waals surface area contributed by atoms with E-state index in [1.54, 1.807) is 24.5 Å². The van der Waals surface area contributed by atoms with Gasteiger partial charge in [0.15, 0.2) is 0 Å². The van der Waals surface area contributed by atoms with Crippen LogP contribution in [0.25, 0.3) is 16.6 Å². The molecule has 0 atom stereocenters. The lowest BCUT2D eigenvalue weighted by Gasteiger charge is -2.07. The quantitative estimate of drug-likeness (QED) is 0.780. The minimum absolute atomic E-state index is 0.337. The molecule has 1 aromatic carbocycles. The minimum Gasteiger partial charge on any atom is -0.315 e.